The van der Waals surface area contributed by atoms with E-state index >= 15 is 0 Å². The molecule has 2 fully saturated rings. The minimum absolute atomic E-state index is 0.0468. The normalized spacial score (nSPS) is 35.5. The van der Waals surface area contributed by atoms with E-state index in [4.69, 9.17) is 19.2 Å². The number of thioether (sulfide) groups is 1. The van der Waals surface area contributed by atoms with Crippen molar-refractivity contribution in [3.63, 3.8) is 0 Å². The highest BCUT2D eigenvalue weighted by molar-refractivity contribution is 7.99. The lowest BCUT2D eigenvalue weighted by Crippen LogP contribution is -2.56. The van der Waals surface area contributed by atoms with Crippen LogP contribution in [0.4, 0.5) is 0 Å². The number of allylic oxidation sites excluding steroid dienone is 2. The lowest BCUT2D eigenvalue weighted by atomic mass is 9.75. The molecular formula is C25H33NO5S. The van der Waals surface area contributed by atoms with Crippen LogP contribution in [0.2, 0.25) is 0 Å². The summed E-state index contributed by atoms with van der Waals surface area (Å²) in [6.45, 7) is 8.39. The maximum atomic E-state index is 12.8. The summed E-state index contributed by atoms with van der Waals surface area (Å²) in [5.74, 6) is 0.144. The van der Waals surface area contributed by atoms with Crippen molar-refractivity contribution in [3.8, 4) is 0 Å². The van der Waals surface area contributed by atoms with Crippen molar-refractivity contribution >= 4 is 23.3 Å². The van der Waals surface area contributed by atoms with Gasteiger partial charge in [0.15, 0.2) is 12.1 Å². The maximum Gasteiger partial charge on any atom is 0.184 e. The first-order valence-electron chi connectivity index (χ1n) is 11.2. The Morgan fingerprint density at radius 2 is 1.91 bits per heavy atom. The fraction of sp³-hybridized carbons (Fsp3) is 0.600. The van der Waals surface area contributed by atoms with Crippen LogP contribution in [0.15, 0.2) is 46.7 Å². The van der Waals surface area contributed by atoms with Gasteiger partial charge < -0.3 is 19.3 Å². The molecule has 0 amide bonds. The van der Waals surface area contributed by atoms with Crippen LogP contribution in [0.5, 0.6) is 0 Å². The molecule has 6 unspecified atom stereocenters. The number of carbonyl (C=O) groups is 1. The number of ether oxygens (including phenoxy) is 3. The average molecular weight is 460 g/mol. The quantitative estimate of drug-likeness (QED) is 0.648. The molecular weight excluding hydrogens is 426 g/mol. The second-order valence-corrected chi connectivity index (χ2v) is 10.7. The number of aliphatic imine (C=N–C) groups is 1. The Bertz CT molecular complexity index is 912. The number of aliphatic hydroxyl groups is 1. The van der Waals surface area contributed by atoms with Crippen LogP contribution in [0.1, 0.15) is 52.4 Å². The van der Waals surface area contributed by atoms with Crippen LogP contribution in [0.25, 0.3) is 0 Å². The number of nitrogens with zero attached hydrogens (tertiary/aromatic N) is 1. The van der Waals surface area contributed by atoms with E-state index in [0.29, 0.717) is 30.7 Å². The number of aliphatic hydroxyl groups excluding tert-OH is 1. The van der Waals surface area contributed by atoms with Crippen LogP contribution in [0, 0.1) is 11.3 Å². The van der Waals surface area contributed by atoms with Crippen molar-refractivity contribution in [2.24, 2.45) is 16.3 Å². The maximum absolute atomic E-state index is 12.8. The molecule has 3 aliphatic rings. The number of Topliss-reactive ketones (excluding diaryl/α,β-unsaturated/α-hetero) is 1. The molecule has 32 heavy (non-hydrogen) atoms. The van der Waals surface area contributed by atoms with Gasteiger partial charge in [0, 0.05) is 30.0 Å². The molecule has 0 spiro atoms. The number of carbonyl (C=O) groups excluding carboxylic acids is 1. The monoisotopic (exact) mass is 459 g/mol. The Hall–Kier alpha value is -1.67. The van der Waals surface area contributed by atoms with Crippen LogP contribution >= 0.6 is 11.8 Å². The van der Waals surface area contributed by atoms with Gasteiger partial charge in [-0.25, -0.2) is 0 Å². The van der Waals surface area contributed by atoms with Gasteiger partial charge in [0.25, 0.3) is 0 Å². The minimum atomic E-state index is -0.436. The summed E-state index contributed by atoms with van der Waals surface area (Å²) in [5.41, 5.74) is 1.51. The summed E-state index contributed by atoms with van der Waals surface area (Å²) < 4.78 is 18.6. The molecule has 1 N–H and O–H groups in total. The van der Waals surface area contributed by atoms with Gasteiger partial charge in [-0.15, -0.1) is 11.8 Å². The molecule has 0 saturated carbocycles. The second-order valence-electron chi connectivity index (χ2n) is 9.78. The van der Waals surface area contributed by atoms with Crippen molar-refractivity contribution in [3.05, 3.63) is 47.2 Å². The lowest BCUT2D eigenvalue weighted by Gasteiger charge is -2.47. The van der Waals surface area contributed by atoms with Crippen LogP contribution in [0.3, 0.4) is 0 Å². The highest BCUT2D eigenvalue weighted by Crippen LogP contribution is 2.41. The molecule has 1 aromatic rings. The van der Waals surface area contributed by atoms with E-state index in [1.807, 2.05) is 57.4 Å². The molecule has 2 saturated heterocycles. The summed E-state index contributed by atoms with van der Waals surface area (Å²) in [4.78, 5) is 17.7. The van der Waals surface area contributed by atoms with Crippen molar-refractivity contribution in [2.75, 3.05) is 12.9 Å². The molecule has 0 radical (unpaired) electrons. The van der Waals surface area contributed by atoms with E-state index in [1.165, 1.54) is 0 Å². The molecule has 174 valence electrons. The van der Waals surface area contributed by atoms with Crippen molar-refractivity contribution in [1.29, 1.82) is 0 Å². The summed E-state index contributed by atoms with van der Waals surface area (Å²) in [7, 11) is 0. The molecule has 2 heterocycles. The van der Waals surface area contributed by atoms with Crippen LogP contribution in [-0.4, -0.2) is 53.1 Å². The predicted octanol–water partition coefficient (Wildman–Crippen LogP) is 4.86. The first kappa shape index (κ1) is 23.5. The number of benzene rings is 1. The van der Waals surface area contributed by atoms with E-state index in [1.54, 1.807) is 11.8 Å². The van der Waals surface area contributed by atoms with E-state index in [9.17, 15) is 9.90 Å². The third-order valence-electron chi connectivity index (χ3n) is 6.56. The molecule has 6 nitrogen and oxygen atoms in total. The summed E-state index contributed by atoms with van der Waals surface area (Å²) in [5, 5.41) is 10.6. The Kier molecular flexibility index (Phi) is 6.82. The second kappa shape index (κ2) is 9.29. The molecule has 2 aliphatic heterocycles. The Balaban J connectivity index is 1.58. The zero-order valence-corrected chi connectivity index (χ0v) is 20.2. The van der Waals surface area contributed by atoms with Gasteiger partial charge in [-0.1, -0.05) is 51.1 Å². The zero-order chi connectivity index (χ0) is 23.0. The SMILES string of the molecule is CSC1OC2COC(c3ccccc3)OC2C(C)C1N=C(C)C1=C(O)CC(C)(C)CC1=O. The van der Waals surface area contributed by atoms with Gasteiger partial charge >= 0.3 is 0 Å². The fourth-order valence-corrected chi connectivity index (χ4v) is 5.81. The van der Waals surface area contributed by atoms with E-state index < -0.39 is 6.29 Å². The van der Waals surface area contributed by atoms with Crippen molar-refractivity contribution < 1.29 is 24.1 Å². The Morgan fingerprint density at radius 3 is 2.56 bits per heavy atom. The van der Waals surface area contributed by atoms with Gasteiger partial charge in [-0.2, -0.15) is 0 Å². The van der Waals surface area contributed by atoms with Gasteiger partial charge in [-0.3, -0.25) is 9.79 Å². The number of ketones is 1. The predicted molar refractivity (Wildman–Crippen MR) is 126 cm³/mol. The highest BCUT2D eigenvalue weighted by atomic mass is 32.2. The zero-order valence-electron chi connectivity index (χ0n) is 19.4. The van der Waals surface area contributed by atoms with Crippen molar-refractivity contribution in [2.45, 2.75) is 70.5 Å². The molecule has 0 bridgehead atoms. The Labute approximate surface area is 194 Å². The van der Waals surface area contributed by atoms with E-state index in [2.05, 4.69) is 6.92 Å². The van der Waals surface area contributed by atoms with Crippen LogP contribution in [-0.2, 0) is 19.0 Å². The van der Waals surface area contributed by atoms with Gasteiger partial charge in [0.2, 0.25) is 0 Å². The number of rotatable bonds is 4. The third-order valence-corrected chi connectivity index (χ3v) is 7.42. The van der Waals surface area contributed by atoms with Crippen LogP contribution < -0.4 is 0 Å². The fourth-order valence-electron chi connectivity index (χ4n) is 4.97. The van der Waals surface area contributed by atoms with E-state index in [0.717, 1.165) is 5.56 Å². The first-order chi connectivity index (χ1) is 15.2. The molecule has 1 aliphatic carbocycles. The smallest absolute Gasteiger partial charge is 0.184 e. The highest BCUT2D eigenvalue weighted by Gasteiger charge is 2.48. The topological polar surface area (TPSA) is 77.3 Å². The number of hydrogen-bond donors (Lipinski definition) is 1. The Morgan fingerprint density at radius 1 is 1.19 bits per heavy atom. The molecule has 4 rings (SSSR count). The molecule has 1 aromatic carbocycles. The van der Waals surface area contributed by atoms with E-state index in [-0.39, 0.29) is 46.6 Å². The summed E-state index contributed by atoms with van der Waals surface area (Å²) >= 11 is 1.60. The standard InChI is InChI=1S/C25H33NO5S/c1-14-21(26-15(2)20-17(27)11-25(3,4)12-18(20)28)24(32-5)30-19-13-29-23(31-22(14)19)16-9-7-6-8-10-16/h6-10,14,19,21-24,27H,11-13H2,1-5H3. The van der Waals surface area contributed by atoms with Gasteiger partial charge in [-0.05, 0) is 18.6 Å². The largest absolute Gasteiger partial charge is 0.511 e. The van der Waals surface area contributed by atoms with Gasteiger partial charge in [0.05, 0.1) is 24.3 Å². The molecule has 0 aromatic heterocycles. The minimum Gasteiger partial charge on any atom is -0.511 e. The number of hydrogen-bond acceptors (Lipinski definition) is 7. The third kappa shape index (κ3) is 4.67. The average Bonchev–Trinajstić information content (AvgIpc) is 2.74. The first-order valence-corrected chi connectivity index (χ1v) is 12.5. The molecule has 7 heteroatoms. The van der Waals surface area contributed by atoms with Crippen molar-refractivity contribution in [1.82, 2.24) is 0 Å². The molecule has 6 atom stereocenters. The summed E-state index contributed by atoms with van der Waals surface area (Å²) in [6.07, 6.45) is 2.10. The van der Waals surface area contributed by atoms with Gasteiger partial charge in [0.1, 0.15) is 17.3 Å². The number of fused-ring (bicyclic) bond motifs is 1. The summed E-state index contributed by atoms with van der Waals surface area (Å²) in [6, 6.07) is 9.69. The lowest BCUT2D eigenvalue weighted by molar-refractivity contribution is -0.295.